The molecule has 0 radical (unpaired) electrons. The van der Waals surface area contributed by atoms with Crippen LogP contribution in [0.25, 0.3) is 0 Å². The number of anilines is 1. The Morgan fingerprint density at radius 1 is 1.53 bits per heavy atom. The molecule has 1 fully saturated rings. The summed E-state index contributed by atoms with van der Waals surface area (Å²) in [6.45, 7) is 3.16. The molecule has 0 aliphatic carbocycles. The predicted octanol–water partition coefficient (Wildman–Crippen LogP) is 0.709. The monoisotopic (exact) mass is 378 g/mol. The minimum atomic E-state index is -0.0769. The molecule has 0 amide bonds. The van der Waals surface area contributed by atoms with Crippen molar-refractivity contribution in [2.75, 3.05) is 31.1 Å². The second-order valence-corrected chi connectivity index (χ2v) is 5.65. The highest BCUT2D eigenvalue weighted by Crippen LogP contribution is 2.21. The molecule has 1 aliphatic heterocycles. The molecule has 7 heteroatoms. The minimum Gasteiger partial charge on any atom is -0.378 e. The number of nitrogens with zero attached hydrogens (tertiary/aromatic N) is 2. The highest BCUT2D eigenvalue weighted by Gasteiger charge is 2.22. The summed E-state index contributed by atoms with van der Waals surface area (Å²) in [4.78, 5) is 20.6. The van der Waals surface area contributed by atoms with Crippen LogP contribution in [0.4, 0.5) is 5.82 Å². The number of halogens is 1. The third-order valence-corrected chi connectivity index (χ3v) is 4.19. The Morgan fingerprint density at radius 3 is 2.95 bits per heavy atom. The Labute approximate surface area is 125 Å². The summed E-state index contributed by atoms with van der Waals surface area (Å²) in [5, 5.41) is 0. The molecule has 2 rings (SSSR count). The quantitative estimate of drug-likeness (QED) is 0.583. The number of rotatable bonds is 5. The number of nitrogens with two attached hydrogens (primary N) is 1. The number of H-pyrrole nitrogens is 1. The molecule has 0 atom stereocenters. The Balaban J connectivity index is 1.89. The zero-order valence-electron chi connectivity index (χ0n) is 10.8. The van der Waals surface area contributed by atoms with Gasteiger partial charge in [0.2, 0.25) is 0 Å². The van der Waals surface area contributed by atoms with Crippen LogP contribution >= 0.6 is 22.6 Å². The third kappa shape index (κ3) is 3.90. The topological polar surface area (TPSA) is 84.2 Å². The van der Waals surface area contributed by atoms with Gasteiger partial charge in [0, 0.05) is 19.7 Å². The van der Waals surface area contributed by atoms with Crippen molar-refractivity contribution in [2.24, 2.45) is 5.73 Å². The standard InChI is InChI=1S/C12H19IN4O2/c13-10-11(15-8-16-12(10)18)17-5-2-9(3-6-17)19-7-1-4-14/h8-9H,1-7,14H2,(H,15,16,18). The van der Waals surface area contributed by atoms with E-state index in [4.69, 9.17) is 10.5 Å². The number of ether oxygens (including phenoxy) is 1. The summed E-state index contributed by atoms with van der Waals surface area (Å²) in [6, 6.07) is 0. The molecule has 0 bridgehead atoms. The number of hydrogen-bond acceptors (Lipinski definition) is 5. The molecule has 0 spiro atoms. The van der Waals surface area contributed by atoms with Gasteiger partial charge < -0.3 is 20.4 Å². The van der Waals surface area contributed by atoms with E-state index in [9.17, 15) is 4.79 Å². The van der Waals surface area contributed by atoms with Crippen molar-refractivity contribution >= 4 is 28.4 Å². The second-order valence-electron chi connectivity index (χ2n) is 4.57. The first-order chi connectivity index (χ1) is 9.22. The van der Waals surface area contributed by atoms with Crippen molar-refractivity contribution in [3.63, 3.8) is 0 Å². The van der Waals surface area contributed by atoms with E-state index in [2.05, 4.69) is 14.9 Å². The van der Waals surface area contributed by atoms with E-state index in [0.29, 0.717) is 16.2 Å². The van der Waals surface area contributed by atoms with Gasteiger partial charge in [0.15, 0.2) is 0 Å². The molecule has 6 nitrogen and oxygen atoms in total. The van der Waals surface area contributed by atoms with Crippen molar-refractivity contribution < 1.29 is 4.74 Å². The summed E-state index contributed by atoms with van der Waals surface area (Å²) >= 11 is 2.05. The number of piperidine rings is 1. The van der Waals surface area contributed by atoms with Gasteiger partial charge in [-0.25, -0.2) is 4.98 Å². The van der Waals surface area contributed by atoms with Gasteiger partial charge >= 0.3 is 0 Å². The second kappa shape index (κ2) is 7.20. The van der Waals surface area contributed by atoms with Crippen LogP contribution in [0, 0.1) is 3.57 Å². The van der Waals surface area contributed by atoms with E-state index in [1.807, 2.05) is 22.6 Å². The Bertz CT molecular complexity index is 457. The first kappa shape index (κ1) is 14.7. The van der Waals surface area contributed by atoms with E-state index < -0.39 is 0 Å². The lowest BCUT2D eigenvalue weighted by Crippen LogP contribution is -2.39. The van der Waals surface area contributed by atoms with Crippen LogP contribution in [0.5, 0.6) is 0 Å². The van der Waals surface area contributed by atoms with E-state index in [1.54, 1.807) is 0 Å². The lowest BCUT2D eigenvalue weighted by atomic mass is 10.1. The zero-order chi connectivity index (χ0) is 13.7. The van der Waals surface area contributed by atoms with Crippen LogP contribution in [0.15, 0.2) is 11.1 Å². The van der Waals surface area contributed by atoms with Crippen LogP contribution in [-0.4, -0.2) is 42.3 Å². The molecule has 0 saturated carbocycles. The van der Waals surface area contributed by atoms with Gasteiger partial charge in [0.1, 0.15) is 9.39 Å². The fraction of sp³-hybridized carbons (Fsp3) is 0.667. The molecule has 0 unspecified atom stereocenters. The summed E-state index contributed by atoms with van der Waals surface area (Å²) < 4.78 is 6.42. The summed E-state index contributed by atoms with van der Waals surface area (Å²) in [5.41, 5.74) is 5.37. The summed E-state index contributed by atoms with van der Waals surface area (Å²) in [6.07, 6.45) is 4.62. The maximum absolute atomic E-state index is 11.6. The smallest absolute Gasteiger partial charge is 0.266 e. The molecular weight excluding hydrogens is 359 g/mol. The number of nitrogens with one attached hydrogen (secondary N) is 1. The summed E-state index contributed by atoms with van der Waals surface area (Å²) in [7, 11) is 0. The Kier molecular flexibility index (Phi) is 5.59. The van der Waals surface area contributed by atoms with E-state index in [-0.39, 0.29) is 5.56 Å². The molecule has 3 N–H and O–H groups in total. The molecular formula is C12H19IN4O2. The van der Waals surface area contributed by atoms with E-state index in [0.717, 1.165) is 44.8 Å². The summed E-state index contributed by atoms with van der Waals surface area (Å²) in [5.74, 6) is 0.782. The normalized spacial score (nSPS) is 16.8. The van der Waals surface area contributed by atoms with Gasteiger partial charge in [0.05, 0.1) is 12.4 Å². The van der Waals surface area contributed by atoms with E-state index in [1.165, 1.54) is 6.33 Å². The van der Waals surface area contributed by atoms with E-state index >= 15 is 0 Å². The van der Waals surface area contributed by atoms with Crippen molar-refractivity contribution in [3.05, 3.63) is 20.3 Å². The van der Waals surface area contributed by atoms with Crippen LogP contribution in [0.1, 0.15) is 19.3 Å². The number of aromatic amines is 1. The van der Waals surface area contributed by atoms with Crippen molar-refractivity contribution in [3.8, 4) is 0 Å². The van der Waals surface area contributed by atoms with Crippen molar-refractivity contribution in [1.82, 2.24) is 9.97 Å². The maximum Gasteiger partial charge on any atom is 0.266 e. The lowest BCUT2D eigenvalue weighted by Gasteiger charge is -2.32. The number of aromatic nitrogens is 2. The fourth-order valence-corrected chi connectivity index (χ4v) is 2.80. The third-order valence-electron chi connectivity index (χ3n) is 3.22. The fourth-order valence-electron chi connectivity index (χ4n) is 2.16. The molecule has 1 aromatic heterocycles. The molecule has 1 saturated heterocycles. The minimum absolute atomic E-state index is 0.0769. The molecule has 2 heterocycles. The van der Waals surface area contributed by atoms with Gasteiger partial charge in [-0.3, -0.25) is 4.79 Å². The highest BCUT2D eigenvalue weighted by molar-refractivity contribution is 14.1. The van der Waals surface area contributed by atoms with Crippen molar-refractivity contribution in [1.29, 1.82) is 0 Å². The van der Waals surface area contributed by atoms with Crippen LogP contribution in [-0.2, 0) is 4.74 Å². The lowest BCUT2D eigenvalue weighted by molar-refractivity contribution is 0.0365. The average molecular weight is 378 g/mol. The highest BCUT2D eigenvalue weighted by atomic mass is 127. The average Bonchev–Trinajstić information content (AvgIpc) is 2.43. The van der Waals surface area contributed by atoms with Crippen LogP contribution in [0.3, 0.4) is 0 Å². The van der Waals surface area contributed by atoms with Crippen LogP contribution < -0.4 is 16.2 Å². The molecule has 1 aliphatic rings. The molecule has 1 aromatic rings. The van der Waals surface area contributed by atoms with Gasteiger partial charge in [-0.05, 0) is 48.4 Å². The van der Waals surface area contributed by atoms with Crippen LogP contribution in [0.2, 0.25) is 0 Å². The first-order valence-corrected chi connectivity index (χ1v) is 7.60. The Hall–Kier alpha value is -0.670. The molecule has 0 aromatic carbocycles. The van der Waals surface area contributed by atoms with Gasteiger partial charge in [-0.1, -0.05) is 0 Å². The predicted molar refractivity (Wildman–Crippen MR) is 82.4 cm³/mol. The molecule has 106 valence electrons. The first-order valence-electron chi connectivity index (χ1n) is 6.52. The number of hydrogen-bond donors (Lipinski definition) is 2. The Morgan fingerprint density at radius 2 is 2.26 bits per heavy atom. The largest absolute Gasteiger partial charge is 0.378 e. The van der Waals surface area contributed by atoms with Gasteiger partial charge in [0.25, 0.3) is 5.56 Å². The van der Waals surface area contributed by atoms with Crippen molar-refractivity contribution in [2.45, 2.75) is 25.4 Å². The maximum atomic E-state index is 11.6. The van der Waals surface area contributed by atoms with Gasteiger partial charge in [-0.2, -0.15) is 0 Å². The van der Waals surface area contributed by atoms with Gasteiger partial charge in [-0.15, -0.1) is 0 Å². The SMILES string of the molecule is NCCCOC1CCN(c2nc[nH]c(=O)c2I)CC1. The zero-order valence-corrected chi connectivity index (χ0v) is 12.9. The molecule has 19 heavy (non-hydrogen) atoms.